The lowest BCUT2D eigenvalue weighted by atomic mass is 10.3. The molecule has 0 N–H and O–H groups in total. The minimum atomic E-state index is 0.833. The van der Waals surface area contributed by atoms with Crippen molar-refractivity contribution in [2.45, 2.75) is 75.7 Å². The van der Waals surface area contributed by atoms with E-state index in [0.29, 0.717) is 0 Å². The van der Waals surface area contributed by atoms with Crippen LogP contribution in [0.1, 0.15) is 75.7 Å². The Bertz CT molecular complexity index is 75.3. The van der Waals surface area contributed by atoms with E-state index < -0.39 is 0 Å². The van der Waals surface area contributed by atoms with Gasteiger partial charge in [-0.15, -0.1) is 0 Å². The molecule has 0 aromatic heterocycles. The molecule has 0 amide bonds. The first-order chi connectivity index (χ1) is 7.56. The van der Waals surface area contributed by atoms with E-state index in [-0.39, 0.29) is 0 Å². The Labute approximate surface area is 107 Å². The Morgan fingerprint density at radius 2 is 1.12 bits per heavy atom. The highest BCUT2D eigenvalue weighted by molar-refractivity contribution is 4.94. The van der Waals surface area contributed by atoms with Gasteiger partial charge in [-0.1, -0.05) is 93.5 Å². The van der Waals surface area contributed by atoms with Crippen LogP contribution < -0.4 is 0 Å². The Hall–Kier alpha value is -0.520. The minimum Gasteiger partial charge on any atom is -0.0991 e. The summed E-state index contributed by atoms with van der Waals surface area (Å²) in [6.45, 7) is 24.2. The molecule has 0 radical (unpaired) electrons. The molecule has 0 aliphatic heterocycles. The van der Waals surface area contributed by atoms with Crippen molar-refractivity contribution in [1.29, 1.82) is 0 Å². The summed E-state index contributed by atoms with van der Waals surface area (Å²) in [4.78, 5) is 0. The van der Waals surface area contributed by atoms with Crippen molar-refractivity contribution in [3.05, 3.63) is 24.8 Å². The Morgan fingerprint density at radius 3 is 1.12 bits per heavy atom. The van der Waals surface area contributed by atoms with Gasteiger partial charge in [0.15, 0.2) is 0 Å². The van der Waals surface area contributed by atoms with Crippen LogP contribution in [0, 0.1) is 5.92 Å². The first-order valence-corrected chi connectivity index (χ1v) is 6.80. The Kier molecular flexibility index (Phi) is 116. The van der Waals surface area contributed by atoms with E-state index in [1.165, 1.54) is 6.42 Å². The van der Waals surface area contributed by atoms with Crippen LogP contribution in [-0.4, -0.2) is 0 Å². The van der Waals surface area contributed by atoms with Gasteiger partial charge in [-0.2, -0.15) is 0 Å². The van der Waals surface area contributed by atoms with Crippen molar-refractivity contribution in [3.63, 3.8) is 0 Å². The molecule has 0 nitrogen and oxygen atoms in total. The highest BCUT2D eigenvalue weighted by Crippen LogP contribution is 1.81. The van der Waals surface area contributed by atoms with Gasteiger partial charge < -0.3 is 0 Å². The molecule has 0 heteroatoms. The van der Waals surface area contributed by atoms with Crippen molar-refractivity contribution in [1.82, 2.24) is 0 Å². The second-order valence-electron chi connectivity index (χ2n) is 3.20. The van der Waals surface area contributed by atoms with Crippen molar-refractivity contribution in [3.8, 4) is 0 Å². The van der Waals surface area contributed by atoms with Crippen molar-refractivity contribution in [2.24, 2.45) is 5.92 Å². The molecule has 0 rings (SSSR count). The molecule has 0 unspecified atom stereocenters. The van der Waals surface area contributed by atoms with Crippen molar-refractivity contribution < 1.29 is 0 Å². The van der Waals surface area contributed by atoms with E-state index in [1.807, 2.05) is 46.8 Å². The van der Waals surface area contributed by atoms with Crippen LogP contribution in [0.4, 0.5) is 0 Å². The zero-order valence-corrected chi connectivity index (χ0v) is 13.7. The SMILES string of the molecule is C=C/C=C/C.CC.CC.CC(C)C.CCC. The predicted molar refractivity (Wildman–Crippen MR) is 84.2 cm³/mol. The lowest BCUT2D eigenvalue weighted by Crippen LogP contribution is -1.66. The van der Waals surface area contributed by atoms with Gasteiger partial charge >= 0.3 is 0 Å². The van der Waals surface area contributed by atoms with Crippen LogP contribution in [0.15, 0.2) is 24.8 Å². The third-order valence-electron chi connectivity index (χ3n) is 0.329. The number of allylic oxidation sites excluding steroid dienone is 3. The normalized spacial score (nSPS) is 6.94. The summed E-state index contributed by atoms with van der Waals surface area (Å²) in [6, 6.07) is 0. The fourth-order valence-corrected chi connectivity index (χ4v) is 0.136. The van der Waals surface area contributed by atoms with Gasteiger partial charge in [0.1, 0.15) is 0 Å². The molecule has 0 atom stereocenters. The van der Waals surface area contributed by atoms with E-state index in [0.717, 1.165) is 5.92 Å². The third-order valence-corrected chi connectivity index (χ3v) is 0.329. The highest BCUT2D eigenvalue weighted by Gasteiger charge is 1.68. The predicted octanol–water partition coefficient (Wildman–Crippen LogP) is 6.88. The molecule has 0 aliphatic rings. The maximum Gasteiger partial charge on any atom is -0.0467 e. The molecule has 0 spiro atoms. The molecule has 0 aromatic rings. The van der Waals surface area contributed by atoms with Crippen LogP contribution in [0.2, 0.25) is 0 Å². The summed E-state index contributed by atoms with van der Waals surface area (Å²) in [5.41, 5.74) is 0. The molecule has 0 bridgehead atoms. The highest BCUT2D eigenvalue weighted by atomic mass is 13.7. The quantitative estimate of drug-likeness (QED) is 0.431. The average Bonchev–Trinajstić information content (AvgIpc) is 2.25. The zero-order valence-electron chi connectivity index (χ0n) is 13.7. The monoisotopic (exact) mass is 230 g/mol. The fraction of sp³-hybridized carbons (Fsp3) is 0.750. The van der Waals surface area contributed by atoms with E-state index in [2.05, 4.69) is 41.2 Å². The van der Waals surface area contributed by atoms with Gasteiger partial charge in [0.2, 0.25) is 0 Å². The van der Waals surface area contributed by atoms with Crippen molar-refractivity contribution in [2.75, 3.05) is 0 Å². The number of hydrogen-bond acceptors (Lipinski definition) is 0. The van der Waals surface area contributed by atoms with Gasteiger partial charge in [-0.25, -0.2) is 0 Å². The molecule has 16 heavy (non-hydrogen) atoms. The second-order valence-corrected chi connectivity index (χ2v) is 3.20. The third kappa shape index (κ3) is 959. The minimum absolute atomic E-state index is 0.833. The molecular formula is C16H38. The maximum atomic E-state index is 3.46. The largest absolute Gasteiger partial charge is 0.0991 e. The zero-order chi connectivity index (χ0) is 14.4. The van der Waals surface area contributed by atoms with E-state index in [9.17, 15) is 0 Å². The summed E-state index contributed by atoms with van der Waals surface area (Å²) >= 11 is 0. The van der Waals surface area contributed by atoms with Crippen LogP contribution >= 0.6 is 0 Å². The molecule has 0 aliphatic carbocycles. The van der Waals surface area contributed by atoms with Crippen LogP contribution in [0.25, 0.3) is 0 Å². The molecule has 0 saturated carbocycles. The van der Waals surface area contributed by atoms with Crippen LogP contribution in [0.5, 0.6) is 0 Å². The summed E-state index contributed by atoms with van der Waals surface area (Å²) in [6.07, 6.45) is 6.83. The van der Waals surface area contributed by atoms with Gasteiger partial charge in [-0.05, 0) is 12.8 Å². The topological polar surface area (TPSA) is 0 Å². The van der Waals surface area contributed by atoms with E-state index in [4.69, 9.17) is 0 Å². The molecule has 0 aromatic carbocycles. The summed E-state index contributed by atoms with van der Waals surface area (Å²) in [5, 5.41) is 0. The lowest BCUT2D eigenvalue weighted by molar-refractivity contribution is 0.737. The standard InChI is InChI=1S/C5H8.C4H10.C3H8.2C2H6/c1-3-5-4-2;1-4(2)3;1-3-2;2*1-2/h3-5H,1H2,2H3;4H,1-3H3;3H2,1-2H3;2*1-2H3/b5-4+;;;;. The first-order valence-electron chi connectivity index (χ1n) is 6.80. The maximum absolute atomic E-state index is 3.46. The number of hydrogen-bond donors (Lipinski definition) is 0. The first kappa shape index (κ1) is 29.6. The van der Waals surface area contributed by atoms with E-state index >= 15 is 0 Å². The van der Waals surface area contributed by atoms with Crippen molar-refractivity contribution >= 4 is 0 Å². The van der Waals surface area contributed by atoms with Gasteiger partial charge in [0.25, 0.3) is 0 Å². The average molecular weight is 230 g/mol. The smallest absolute Gasteiger partial charge is 0.0467 e. The lowest BCUT2D eigenvalue weighted by Gasteiger charge is -1.79. The van der Waals surface area contributed by atoms with Crippen LogP contribution in [0.3, 0.4) is 0 Å². The van der Waals surface area contributed by atoms with Gasteiger partial charge in [0.05, 0.1) is 0 Å². The van der Waals surface area contributed by atoms with Gasteiger partial charge in [-0.3, -0.25) is 0 Å². The summed E-state index contributed by atoms with van der Waals surface area (Å²) in [7, 11) is 0. The molecule has 0 heterocycles. The molecule has 102 valence electrons. The molecule has 0 fully saturated rings. The molecular weight excluding hydrogens is 192 g/mol. The summed E-state index contributed by atoms with van der Waals surface area (Å²) < 4.78 is 0. The fourth-order valence-electron chi connectivity index (χ4n) is 0.136. The Morgan fingerprint density at radius 1 is 0.938 bits per heavy atom. The second kappa shape index (κ2) is 62.7. The Balaban J connectivity index is -0.0000000334. The van der Waals surface area contributed by atoms with Crippen LogP contribution in [-0.2, 0) is 0 Å². The van der Waals surface area contributed by atoms with E-state index in [1.54, 1.807) is 6.08 Å². The number of rotatable bonds is 1. The summed E-state index contributed by atoms with van der Waals surface area (Å²) in [5.74, 6) is 0.833. The van der Waals surface area contributed by atoms with Gasteiger partial charge in [0, 0.05) is 0 Å². The molecule has 0 saturated heterocycles.